The van der Waals surface area contributed by atoms with E-state index in [9.17, 15) is 17.8 Å². The number of nitrogens with one attached hydrogen (secondary N) is 2. The number of anilines is 1. The van der Waals surface area contributed by atoms with Gasteiger partial charge in [-0.25, -0.2) is 17.7 Å². The number of hydrogen-bond acceptors (Lipinski definition) is 4. The van der Waals surface area contributed by atoms with Gasteiger partial charge in [-0.1, -0.05) is 6.07 Å². The van der Waals surface area contributed by atoms with Crippen LogP contribution in [0.3, 0.4) is 0 Å². The lowest BCUT2D eigenvalue weighted by Gasteiger charge is -2.18. The number of aryl methyl sites for hydroxylation is 1. The van der Waals surface area contributed by atoms with E-state index in [1.165, 1.54) is 16.7 Å². The first-order valence-corrected chi connectivity index (χ1v) is 12.0. The summed E-state index contributed by atoms with van der Waals surface area (Å²) < 4.78 is 57.3. The van der Waals surface area contributed by atoms with Crippen LogP contribution in [0.15, 0.2) is 53.5 Å². The second kappa shape index (κ2) is 10.5. The fourth-order valence-electron chi connectivity index (χ4n) is 3.56. The Balaban J connectivity index is 1.76. The molecule has 0 saturated heterocycles. The lowest BCUT2D eigenvalue weighted by atomic mass is 10.00. The maximum Gasteiger partial charge on any atom is 0.252 e. The van der Waals surface area contributed by atoms with Crippen LogP contribution in [0.5, 0.6) is 11.5 Å². The number of ether oxygens (including phenoxy) is 1. The van der Waals surface area contributed by atoms with Crippen molar-refractivity contribution >= 4 is 17.0 Å². The first kappa shape index (κ1) is 24.1. The fraction of sp³-hybridized carbons (Fsp3) is 0.292. The number of nitrogens with zero attached hydrogens (tertiary/aromatic N) is 1. The zero-order valence-electron chi connectivity index (χ0n) is 18.5. The van der Waals surface area contributed by atoms with Gasteiger partial charge < -0.3 is 14.6 Å². The standard InChI is InChI=1S/C24H25F2N3O4S/c1-29-14-19(21(12-24(29)30)27-13-16-2-3-16)18-10-15(8-9-28-34(31)32)4-6-22(18)33-23-7-5-17(25)11-20(23)26/h4-7,10-12,14,16,27-28H,2-3,8-9,13H2,1H3,(H,31,32). The molecule has 0 radical (unpaired) electrons. The molecule has 1 saturated carbocycles. The molecule has 0 bridgehead atoms. The third-order valence-corrected chi connectivity index (χ3v) is 6.04. The van der Waals surface area contributed by atoms with Crippen molar-refractivity contribution in [3.05, 3.63) is 76.2 Å². The van der Waals surface area contributed by atoms with E-state index in [2.05, 4.69) is 10.0 Å². The molecule has 3 N–H and O–H groups in total. The molecule has 180 valence electrons. The summed E-state index contributed by atoms with van der Waals surface area (Å²) in [5, 5.41) is 3.35. The van der Waals surface area contributed by atoms with E-state index in [-0.39, 0.29) is 17.9 Å². The average molecular weight is 490 g/mol. The first-order valence-electron chi connectivity index (χ1n) is 10.9. The minimum absolute atomic E-state index is 0.134. The van der Waals surface area contributed by atoms with Crippen molar-refractivity contribution < 1.29 is 22.3 Å². The summed E-state index contributed by atoms with van der Waals surface area (Å²) in [6, 6.07) is 9.86. The quantitative estimate of drug-likeness (QED) is 0.371. The van der Waals surface area contributed by atoms with Gasteiger partial charge in [0.25, 0.3) is 5.56 Å². The van der Waals surface area contributed by atoms with Gasteiger partial charge in [0.15, 0.2) is 11.6 Å². The molecule has 4 rings (SSSR count). The molecule has 0 aliphatic heterocycles. The minimum Gasteiger partial charge on any atom is -0.454 e. The van der Waals surface area contributed by atoms with E-state index < -0.39 is 22.9 Å². The Morgan fingerprint density at radius 3 is 2.59 bits per heavy atom. The van der Waals surface area contributed by atoms with Crippen molar-refractivity contribution in [1.29, 1.82) is 0 Å². The number of pyridine rings is 1. The SMILES string of the molecule is Cn1cc(-c2cc(CCNS(=O)O)ccc2Oc2ccc(F)cc2F)c(NCC2CC2)cc1=O. The Hall–Kier alpha value is -3.08. The van der Waals surface area contributed by atoms with E-state index in [0.29, 0.717) is 34.9 Å². The topological polar surface area (TPSA) is 92.6 Å². The van der Waals surface area contributed by atoms with Crippen LogP contribution in [0, 0.1) is 17.6 Å². The third kappa shape index (κ3) is 6.07. The minimum atomic E-state index is -2.12. The summed E-state index contributed by atoms with van der Waals surface area (Å²) in [6.07, 6.45) is 4.41. The first-order chi connectivity index (χ1) is 16.3. The molecule has 34 heavy (non-hydrogen) atoms. The van der Waals surface area contributed by atoms with Crippen molar-refractivity contribution in [3.8, 4) is 22.6 Å². The van der Waals surface area contributed by atoms with Crippen LogP contribution in [-0.2, 0) is 24.7 Å². The van der Waals surface area contributed by atoms with E-state index >= 15 is 0 Å². The van der Waals surface area contributed by atoms with Gasteiger partial charge in [0.1, 0.15) is 11.6 Å². The van der Waals surface area contributed by atoms with Gasteiger partial charge in [-0.3, -0.25) is 9.35 Å². The highest BCUT2D eigenvalue weighted by atomic mass is 32.2. The van der Waals surface area contributed by atoms with Crippen molar-refractivity contribution in [2.24, 2.45) is 13.0 Å². The van der Waals surface area contributed by atoms with E-state index in [0.717, 1.165) is 37.1 Å². The fourth-order valence-corrected chi connectivity index (χ4v) is 3.83. The molecule has 1 unspecified atom stereocenters. The molecule has 2 aromatic carbocycles. The molecular formula is C24H25F2N3O4S. The molecule has 1 aromatic heterocycles. The second-order valence-corrected chi connectivity index (χ2v) is 9.06. The van der Waals surface area contributed by atoms with Gasteiger partial charge in [-0.2, -0.15) is 0 Å². The predicted octanol–water partition coefficient (Wildman–Crippen LogP) is 4.21. The van der Waals surface area contributed by atoms with Crippen molar-refractivity contribution in [3.63, 3.8) is 0 Å². The van der Waals surface area contributed by atoms with E-state index in [1.54, 1.807) is 25.4 Å². The summed E-state index contributed by atoms with van der Waals surface area (Å²) in [7, 11) is 1.64. The maximum atomic E-state index is 14.3. The molecule has 10 heteroatoms. The maximum absolute atomic E-state index is 14.3. The van der Waals surface area contributed by atoms with Crippen molar-refractivity contribution in [2.75, 3.05) is 18.4 Å². The van der Waals surface area contributed by atoms with Gasteiger partial charge in [0, 0.05) is 55.3 Å². The molecule has 1 heterocycles. The van der Waals surface area contributed by atoms with E-state index in [1.807, 2.05) is 6.07 Å². The van der Waals surface area contributed by atoms with Crippen LogP contribution in [0.4, 0.5) is 14.5 Å². The summed E-state index contributed by atoms with van der Waals surface area (Å²) in [6.45, 7) is 0.990. The summed E-state index contributed by atoms with van der Waals surface area (Å²) >= 11 is -2.12. The molecule has 0 amide bonds. The van der Waals surface area contributed by atoms with Crippen LogP contribution in [0.25, 0.3) is 11.1 Å². The number of benzene rings is 2. The molecule has 7 nitrogen and oxygen atoms in total. The number of rotatable bonds is 10. The largest absolute Gasteiger partial charge is 0.454 e. The smallest absolute Gasteiger partial charge is 0.252 e. The predicted molar refractivity (Wildman–Crippen MR) is 127 cm³/mol. The number of halogens is 2. The second-order valence-electron chi connectivity index (χ2n) is 8.28. The molecule has 1 aliphatic carbocycles. The summed E-state index contributed by atoms with van der Waals surface area (Å²) in [5.74, 6) is -0.792. The molecule has 3 aromatic rings. The van der Waals surface area contributed by atoms with E-state index in [4.69, 9.17) is 9.29 Å². The van der Waals surface area contributed by atoms with Crippen molar-refractivity contribution in [2.45, 2.75) is 19.3 Å². The Labute approximate surface area is 198 Å². The Kier molecular flexibility index (Phi) is 7.40. The zero-order chi connectivity index (χ0) is 24.2. The highest BCUT2D eigenvalue weighted by Gasteiger charge is 2.22. The zero-order valence-corrected chi connectivity index (χ0v) is 19.3. The van der Waals surface area contributed by atoms with Gasteiger partial charge in [-0.05, 0) is 55.0 Å². The monoisotopic (exact) mass is 489 g/mol. The van der Waals surface area contributed by atoms with Gasteiger partial charge >= 0.3 is 0 Å². The number of aromatic nitrogens is 1. The summed E-state index contributed by atoms with van der Waals surface area (Å²) in [5.41, 5.74) is 2.56. The normalized spacial score (nSPS) is 14.1. The van der Waals surface area contributed by atoms with Crippen LogP contribution in [0.1, 0.15) is 18.4 Å². The van der Waals surface area contributed by atoms with Gasteiger partial charge in [0.2, 0.25) is 11.3 Å². The highest BCUT2D eigenvalue weighted by Crippen LogP contribution is 2.39. The lowest BCUT2D eigenvalue weighted by Crippen LogP contribution is -2.19. The highest BCUT2D eigenvalue weighted by molar-refractivity contribution is 7.77. The number of hydrogen-bond donors (Lipinski definition) is 3. The Morgan fingerprint density at radius 1 is 1.12 bits per heavy atom. The molecular weight excluding hydrogens is 464 g/mol. The molecule has 0 spiro atoms. The van der Waals surface area contributed by atoms with Crippen molar-refractivity contribution in [1.82, 2.24) is 9.29 Å². The molecule has 1 aliphatic rings. The lowest BCUT2D eigenvalue weighted by molar-refractivity contribution is 0.439. The third-order valence-electron chi connectivity index (χ3n) is 5.59. The summed E-state index contributed by atoms with van der Waals surface area (Å²) in [4.78, 5) is 12.4. The van der Waals surface area contributed by atoms with Gasteiger partial charge in [-0.15, -0.1) is 0 Å². The van der Waals surface area contributed by atoms with Crippen LogP contribution in [-0.4, -0.2) is 26.4 Å². The Morgan fingerprint density at radius 2 is 1.88 bits per heavy atom. The van der Waals surface area contributed by atoms with Crippen LogP contribution >= 0.6 is 0 Å². The average Bonchev–Trinajstić information content (AvgIpc) is 3.61. The Bertz CT molecular complexity index is 1280. The van der Waals surface area contributed by atoms with Crippen LogP contribution < -0.4 is 20.3 Å². The molecule has 1 fully saturated rings. The molecule has 1 atom stereocenters. The van der Waals surface area contributed by atoms with Gasteiger partial charge in [0.05, 0.1) is 0 Å². The van der Waals surface area contributed by atoms with Crippen LogP contribution in [0.2, 0.25) is 0 Å².